The van der Waals surface area contributed by atoms with Crippen LogP contribution in [-0.2, 0) is 19.1 Å². The summed E-state index contributed by atoms with van der Waals surface area (Å²) in [7, 11) is 0. The summed E-state index contributed by atoms with van der Waals surface area (Å²) in [5, 5.41) is 18.4. The third kappa shape index (κ3) is 2.34. The highest BCUT2D eigenvalue weighted by Gasteiger charge is 2.45. The van der Waals surface area contributed by atoms with E-state index in [1.807, 2.05) is 0 Å². The quantitative estimate of drug-likeness (QED) is 0.789. The minimum absolute atomic E-state index is 0.222. The molecule has 2 aliphatic heterocycles. The van der Waals surface area contributed by atoms with Crippen molar-refractivity contribution >= 4 is 18.2 Å². The molecule has 2 atom stereocenters. The Morgan fingerprint density at radius 3 is 2.45 bits per heavy atom. The lowest BCUT2D eigenvalue weighted by molar-refractivity contribution is -0.208. The molecule has 2 N–H and O–H groups in total. The van der Waals surface area contributed by atoms with Gasteiger partial charge in [-0.1, -0.05) is 0 Å². The standard InChI is InChI=1S/C13H17NO6/c1-7-8(10(15)16)9(11(17)18)14-6-13(7,2)12-19-4-3-5-20-12/h6,9,12H,3-5H2,1-2H3,(H,15,16)(H,17,18). The van der Waals surface area contributed by atoms with Crippen molar-refractivity contribution in [1.29, 1.82) is 0 Å². The second-order valence-electron chi connectivity index (χ2n) is 5.07. The average molecular weight is 283 g/mol. The number of aliphatic carboxylic acids is 2. The summed E-state index contributed by atoms with van der Waals surface area (Å²) < 4.78 is 11.1. The summed E-state index contributed by atoms with van der Waals surface area (Å²) in [5.74, 6) is -2.57. The summed E-state index contributed by atoms with van der Waals surface area (Å²) >= 11 is 0. The van der Waals surface area contributed by atoms with E-state index in [9.17, 15) is 14.7 Å². The van der Waals surface area contributed by atoms with Gasteiger partial charge in [0.25, 0.3) is 0 Å². The first-order valence-corrected chi connectivity index (χ1v) is 6.33. The van der Waals surface area contributed by atoms with Gasteiger partial charge >= 0.3 is 11.9 Å². The van der Waals surface area contributed by atoms with E-state index in [2.05, 4.69) is 4.99 Å². The zero-order valence-electron chi connectivity index (χ0n) is 11.3. The number of carboxylic acid groups (broad SMARTS) is 2. The van der Waals surface area contributed by atoms with Gasteiger partial charge in [-0.3, -0.25) is 4.99 Å². The Morgan fingerprint density at radius 2 is 1.95 bits per heavy atom. The lowest BCUT2D eigenvalue weighted by Crippen LogP contribution is -2.46. The normalized spacial score (nSPS) is 31.4. The zero-order chi connectivity index (χ0) is 14.9. The Balaban J connectivity index is 2.43. The Bertz CT molecular complexity index is 491. The number of carbonyl (C=O) groups is 2. The lowest BCUT2D eigenvalue weighted by Gasteiger charge is -2.40. The highest BCUT2D eigenvalue weighted by molar-refractivity contribution is 6.00. The van der Waals surface area contributed by atoms with Crippen molar-refractivity contribution in [2.75, 3.05) is 13.2 Å². The van der Waals surface area contributed by atoms with Crippen molar-refractivity contribution < 1.29 is 29.3 Å². The highest BCUT2D eigenvalue weighted by Crippen LogP contribution is 2.39. The summed E-state index contributed by atoms with van der Waals surface area (Å²) in [4.78, 5) is 26.4. The topological polar surface area (TPSA) is 105 Å². The molecule has 2 unspecified atom stereocenters. The number of rotatable bonds is 3. The third-order valence-electron chi connectivity index (χ3n) is 3.76. The van der Waals surface area contributed by atoms with Gasteiger partial charge in [0.15, 0.2) is 12.3 Å². The van der Waals surface area contributed by atoms with Crippen molar-refractivity contribution in [2.24, 2.45) is 10.4 Å². The molecular weight excluding hydrogens is 266 g/mol. The highest BCUT2D eigenvalue weighted by atomic mass is 16.7. The Hall–Kier alpha value is -1.73. The summed E-state index contributed by atoms with van der Waals surface area (Å²) in [5.41, 5.74) is -0.695. The van der Waals surface area contributed by atoms with Crippen LogP contribution in [0.4, 0.5) is 0 Å². The third-order valence-corrected chi connectivity index (χ3v) is 3.76. The van der Waals surface area contributed by atoms with Crippen LogP contribution in [0, 0.1) is 5.41 Å². The van der Waals surface area contributed by atoms with Gasteiger partial charge < -0.3 is 19.7 Å². The van der Waals surface area contributed by atoms with Crippen molar-refractivity contribution in [1.82, 2.24) is 0 Å². The fourth-order valence-electron chi connectivity index (χ4n) is 2.43. The van der Waals surface area contributed by atoms with Crippen LogP contribution in [0.15, 0.2) is 16.1 Å². The number of hydrogen-bond acceptors (Lipinski definition) is 5. The average Bonchev–Trinajstić information content (AvgIpc) is 2.42. The molecule has 2 rings (SSSR count). The van der Waals surface area contributed by atoms with Crippen LogP contribution in [0.3, 0.4) is 0 Å². The predicted molar refractivity (Wildman–Crippen MR) is 68.7 cm³/mol. The molecule has 0 saturated carbocycles. The van der Waals surface area contributed by atoms with Crippen molar-refractivity contribution in [2.45, 2.75) is 32.6 Å². The molecule has 0 amide bonds. The van der Waals surface area contributed by atoms with Crippen molar-refractivity contribution in [3.8, 4) is 0 Å². The van der Waals surface area contributed by atoms with Crippen LogP contribution >= 0.6 is 0 Å². The smallest absolute Gasteiger partial charge is 0.334 e. The van der Waals surface area contributed by atoms with Crippen LogP contribution in [0.1, 0.15) is 20.3 Å². The number of ether oxygens (including phenoxy) is 2. The molecule has 0 radical (unpaired) electrons. The monoisotopic (exact) mass is 283 g/mol. The molecule has 7 heteroatoms. The molecular formula is C13H17NO6. The first-order valence-electron chi connectivity index (χ1n) is 6.33. The first-order chi connectivity index (χ1) is 9.38. The van der Waals surface area contributed by atoms with Crippen LogP contribution < -0.4 is 0 Å². The number of carboxylic acids is 2. The van der Waals surface area contributed by atoms with E-state index in [4.69, 9.17) is 14.6 Å². The molecule has 110 valence electrons. The molecule has 0 aromatic heterocycles. The molecule has 0 bridgehead atoms. The Kier molecular flexibility index (Phi) is 3.92. The van der Waals surface area contributed by atoms with E-state index in [0.717, 1.165) is 6.42 Å². The van der Waals surface area contributed by atoms with Crippen LogP contribution in [0.25, 0.3) is 0 Å². The van der Waals surface area contributed by atoms with Gasteiger partial charge in [0.1, 0.15) is 0 Å². The molecule has 20 heavy (non-hydrogen) atoms. The van der Waals surface area contributed by atoms with Gasteiger partial charge in [-0.05, 0) is 25.8 Å². The summed E-state index contributed by atoms with van der Waals surface area (Å²) in [6.07, 6.45) is 1.56. The van der Waals surface area contributed by atoms with Crippen LogP contribution in [0.2, 0.25) is 0 Å². The number of hydrogen-bond donors (Lipinski definition) is 2. The maximum Gasteiger partial charge on any atom is 0.334 e. The van der Waals surface area contributed by atoms with E-state index in [1.54, 1.807) is 13.8 Å². The van der Waals surface area contributed by atoms with E-state index in [0.29, 0.717) is 18.8 Å². The molecule has 0 aliphatic carbocycles. The minimum atomic E-state index is -1.39. The van der Waals surface area contributed by atoms with Crippen molar-refractivity contribution in [3.63, 3.8) is 0 Å². The van der Waals surface area contributed by atoms with Gasteiger partial charge in [0, 0.05) is 6.21 Å². The van der Waals surface area contributed by atoms with Gasteiger partial charge in [0.2, 0.25) is 0 Å². The maximum absolute atomic E-state index is 11.4. The molecule has 2 heterocycles. The largest absolute Gasteiger partial charge is 0.479 e. The predicted octanol–water partition coefficient (Wildman–Crippen LogP) is 0.694. The fourth-order valence-corrected chi connectivity index (χ4v) is 2.43. The van der Waals surface area contributed by atoms with Crippen molar-refractivity contribution in [3.05, 3.63) is 11.1 Å². The van der Waals surface area contributed by atoms with Gasteiger partial charge in [-0.15, -0.1) is 0 Å². The van der Waals surface area contributed by atoms with Crippen LogP contribution in [-0.4, -0.2) is 53.9 Å². The molecule has 2 aliphatic rings. The van der Waals surface area contributed by atoms with Crippen LogP contribution in [0.5, 0.6) is 0 Å². The second kappa shape index (κ2) is 5.34. The molecule has 7 nitrogen and oxygen atoms in total. The van der Waals surface area contributed by atoms with E-state index in [-0.39, 0.29) is 5.57 Å². The number of nitrogens with zero attached hydrogens (tertiary/aromatic N) is 1. The SMILES string of the molecule is CC1=C(C(=O)O)C(C(=O)O)N=CC1(C)C1OCCCO1. The number of dihydropyridines is 1. The summed E-state index contributed by atoms with van der Waals surface area (Å²) in [6, 6.07) is -1.39. The van der Waals surface area contributed by atoms with Gasteiger partial charge in [-0.2, -0.15) is 0 Å². The molecule has 1 fully saturated rings. The Morgan fingerprint density at radius 1 is 1.35 bits per heavy atom. The fraction of sp³-hybridized carbons (Fsp3) is 0.615. The molecule has 0 aromatic rings. The lowest BCUT2D eigenvalue weighted by atomic mass is 9.76. The molecule has 1 saturated heterocycles. The van der Waals surface area contributed by atoms with E-state index in [1.165, 1.54) is 6.21 Å². The molecule has 0 aromatic carbocycles. The summed E-state index contributed by atoms with van der Waals surface area (Å²) in [6.45, 7) is 4.37. The Labute approximate surface area is 115 Å². The number of aliphatic imine (C=N–C) groups is 1. The van der Waals surface area contributed by atoms with E-state index < -0.39 is 29.7 Å². The minimum Gasteiger partial charge on any atom is -0.479 e. The molecule has 0 spiro atoms. The maximum atomic E-state index is 11.4. The second-order valence-corrected chi connectivity index (χ2v) is 5.07. The first kappa shape index (κ1) is 14.7. The van der Waals surface area contributed by atoms with E-state index >= 15 is 0 Å². The van der Waals surface area contributed by atoms with Gasteiger partial charge in [0.05, 0.1) is 24.2 Å². The zero-order valence-corrected chi connectivity index (χ0v) is 11.3. The van der Waals surface area contributed by atoms with Gasteiger partial charge in [-0.25, -0.2) is 9.59 Å².